The molecule has 25 heavy (non-hydrogen) atoms. The molecule has 0 saturated carbocycles. The van der Waals surface area contributed by atoms with Crippen LogP contribution in [0.15, 0.2) is 12.2 Å². The summed E-state index contributed by atoms with van der Waals surface area (Å²) < 4.78 is 11.1. The van der Waals surface area contributed by atoms with Crippen LogP contribution in [0.25, 0.3) is 0 Å². The van der Waals surface area contributed by atoms with E-state index in [2.05, 4.69) is 40.8 Å². The molecule has 0 aromatic carbocycles. The quantitative estimate of drug-likeness (QED) is 0.221. The number of aliphatic hydroxyl groups excluding tert-OH is 1. The molecule has 0 aliphatic heterocycles. The molecule has 1 N–H and O–H groups in total. The first kappa shape index (κ1) is 24.3. The van der Waals surface area contributed by atoms with Gasteiger partial charge < -0.3 is 14.3 Å². The van der Waals surface area contributed by atoms with Crippen molar-refractivity contribution in [2.45, 2.75) is 103 Å². The second-order valence-electron chi connectivity index (χ2n) is 8.36. The van der Waals surface area contributed by atoms with E-state index in [0.717, 1.165) is 32.1 Å². The van der Waals surface area contributed by atoms with Crippen LogP contribution < -0.4 is 0 Å². The van der Waals surface area contributed by atoms with E-state index in [1.165, 1.54) is 12.2 Å². The SMILES string of the molecule is CCOC(=O)/C=C/C(O)CCCCCC[C@H](C)O[Si](C)(C)C(C)(C)C. The molecule has 4 nitrogen and oxygen atoms in total. The van der Waals surface area contributed by atoms with Crippen LogP contribution in [0, 0.1) is 0 Å². The van der Waals surface area contributed by atoms with Gasteiger partial charge in [0.1, 0.15) is 0 Å². The van der Waals surface area contributed by atoms with Gasteiger partial charge in [0.05, 0.1) is 12.7 Å². The summed E-state index contributed by atoms with van der Waals surface area (Å²) in [4.78, 5) is 11.2. The lowest BCUT2D eigenvalue weighted by molar-refractivity contribution is -0.137. The number of hydrogen-bond acceptors (Lipinski definition) is 4. The predicted octanol–water partition coefficient (Wildman–Crippen LogP) is 5.22. The average Bonchev–Trinajstić information content (AvgIpc) is 2.47. The van der Waals surface area contributed by atoms with Crippen molar-refractivity contribution in [3.8, 4) is 0 Å². The minimum Gasteiger partial charge on any atom is -0.463 e. The average molecular weight is 373 g/mol. The van der Waals surface area contributed by atoms with Crippen molar-refractivity contribution in [2.75, 3.05) is 6.61 Å². The minimum absolute atomic E-state index is 0.258. The Bertz CT molecular complexity index is 399. The first-order valence-corrected chi connectivity index (χ1v) is 12.6. The fourth-order valence-electron chi connectivity index (χ4n) is 2.35. The van der Waals surface area contributed by atoms with E-state index in [9.17, 15) is 9.90 Å². The lowest BCUT2D eigenvalue weighted by Crippen LogP contribution is -2.43. The van der Waals surface area contributed by atoms with Crippen LogP contribution in [0.1, 0.15) is 73.1 Å². The number of rotatable bonds is 12. The normalized spacial score (nSPS) is 15.4. The third kappa shape index (κ3) is 11.6. The second kappa shape index (κ2) is 11.9. The molecule has 0 heterocycles. The molecule has 1 unspecified atom stereocenters. The van der Waals surface area contributed by atoms with Gasteiger partial charge >= 0.3 is 5.97 Å². The van der Waals surface area contributed by atoms with Crippen LogP contribution in [0.5, 0.6) is 0 Å². The molecule has 0 rings (SSSR count). The topological polar surface area (TPSA) is 55.8 Å². The minimum atomic E-state index is -1.66. The van der Waals surface area contributed by atoms with E-state index >= 15 is 0 Å². The lowest BCUT2D eigenvalue weighted by Gasteiger charge is -2.38. The van der Waals surface area contributed by atoms with Gasteiger partial charge in [-0.2, -0.15) is 0 Å². The highest BCUT2D eigenvalue weighted by Gasteiger charge is 2.38. The summed E-state index contributed by atoms with van der Waals surface area (Å²) in [6, 6.07) is 0. The predicted molar refractivity (Wildman–Crippen MR) is 107 cm³/mol. The number of aliphatic hydroxyl groups is 1. The number of hydrogen-bond donors (Lipinski definition) is 1. The molecular formula is C20H40O4Si. The highest BCUT2D eigenvalue weighted by atomic mass is 28.4. The molecule has 0 aliphatic carbocycles. The Hall–Kier alpha value is -0.653. The van der Waals surface area contributed by atoms with Crippen molar-refractivity contribution in [2.24, 2.45) is 0 Å². The first-order chi connectivity index (χ1) is 11.5. The van der Waals surface area contributed by atoms with E-state index in [1.54, 1.807) is 6.92 Å². The van der Waals surface area contributed by atoms with Crippen molar-refractivity contribution in [3.05, 3.63) is 12.2 Å². The van der Waals surface area contributed by atoms with Gasteiger partial charge in [-0.1, -0.05) is 46.5 Å². The molecule has 2 atom stereocenters. The Labute approximate surface area is 156 Å². The van der Waals surface area contributed by atoms with E-state index in [4.69, 9.17) is 9.16 Å². The molecule has 148 valence electrons. The molecule has 0 saturated heterocycles. The molecule has 0 aromatic rings. The lowest BCUT2D eigenvalue weighted by atomic mass is 10.1. The Morgan fingerprint density at radius 2 is 1.68 bits per heavy atom. The molecule has 0 aliphatic rings. The Morgan fingerprint density at radius 3 is 2.20 bits per heavy atom. The largest absolute Gasteiger partial charge is 0.463 e. The molecule has 0 amide bonds. The standard InChI is InChI=1S/C20H40O4Si/c1-8-23-19(22)16-15-18(21)14-12-10-9-11-13-17(2)24-25(6,7)20(3,4)5/h15-18,21H,8-14H2,1-7H3/b16-15+/t17-,18?/m0/s1. The summed E-state index contributed by atoms with van der Waals surface area (Å²) in [5, 5.41) is 10.1. The van der Waals surface area contributed by atoms with Crippen molar-refractivity contribution < 1.29 is 19.1 Å². The molecule has 0 aromatic heterocycles. The smallest absolute Gasteiger partial charge is 0.330 e. The number of carbonyl (C=O) groups excluding carboxylic acids is 1. The Kier molecular flexibility index (Phi) is 11.6. The maximum atomic E-state index is 11.2. The molecule has 0 spiro atoms. The van der Waals surface area contributed by atoms with E-state index in [0.29, 0.717) is 19.1 Å². The van der Waals surface area contributed by atoms with Gasteiger partial charge in [-0.05, 0) is 50.9 Å². The highest BCUT2D eigenvalue weighted by molar-refractivity contribution is 6.74. The number of unbranched alkanes of at least 4 members (excludes halogenated alkanes) is 3. The Balaban J connectivity index is 3.81. The fourth-order valence-corrected chi connectivity index (χ4v) is 3.83. The third-order valence-corrected chi connectivity index (χ3v) is 9.51. The van der Waals surface area contributed by atoms with Gasteiger partial charge in [-0.3, -0.25) is 0 Å². The van der Waals surface area contributed by atoms with Crippen molar-refractivity contribution >= 4 is 14.3 Å². The fraction of sp³-hybridized carbons (Fsp3) is 0.850. The summed E-state index contributed by atoms with van der Waals surface area (Å²) >= 11 is 0. The zero-order chi connectivity index (χ0) is 19.5. The molecule has 0 bridgehead atoms. The van der Waals surface area contributed by atoms with Crippen LogP contribution in [0.3, 0.4) is 0 Å². The zero-order valence-corrected chi connectivity index (χ0v) is 18.4. The molecule has 0 fully saturated rings. The molecule has 5 heteroatoms. The maximum absolute atomic E-state index is 11.2. The van der Waals surface area contributed by atoms with Gasteiger partial charge in [0.15, 0.2) is 8.32 Å². The highest BCUT2D eigenvalue weighted by Crippen LogP contribution is 2.37. The number of carbonyl (C=O) groups is 1. The second-order valence-corrected chi connectivity index (χ2v) is 13.1. The summed E-state index contributed by atoms with van der Waals surface area (Å²) in [6.07, 6.45) is 8.74. The van der Waals surface area contributed by atoms with Crippen LogP contribution in [0.4, 0.5) is 0 Å². The monoisotopic (exact) mass is 372 g/mol. The third-order valence-electron chi connectivity index (χ3n) is 4.90. The summed E-state index contributed by atoms with van der Waals surface area (Å²) in [5.41, 5.74) is 0. The number of esters is 1. The Morgan fingerprint density at radius 1 is 1.12 bits per heavy atom. The summed E-state index contributed by atoms with van der Waals surface area (Å²) in [7, 11) is -1.66. The van der Waals surface area contributed by atoms with Gasteiger partial charge in [-0.25, -0.2) is 4.79 Å². The van der Waals surface area contributed by atoms with Crippen molar-refractivity contribution in [1.82, 2.24) is 0 Å². The van der Waals surface area contributed by atoms with Gasteiger partial charge in [0.2, 0.25) is 0 Å². The number of ether oxygens (including phenoxy) is 1. The van der Waals surface area contributed by atoms with E-state index in [-0.39, 0.29) is 5.04 Å². The summed E-state index contributed by atoms with van der Waals surface area (Å²) in [5.74, 6) is -0.391. The maximum Gasteiger partial charge on any atom is 0.330 e. The van der Waals surface area contributed by atoms with Crippen molar-refractivity contribution in [1.29, 1.82) is 0 Å². The van der Waals surface area contributed by atoms with Crippen LogP contribution >= 0.6 is 0 Å². The van der Waals surface area contributed by atoms with E-state index in [1.807, 2.05) is 0 Å². The van der Waals surface area contributed by atoms with Crippen LogP contribution in [-0.2, 0) is 14.0 Å². The molecular weight excluding hydrogens is 332 g/mol. The van der Waals surface area contributed by atoms with E-state index < -0.39 is 20.4 Å². The van der Waals surface area contributed by atoms with Gasteiger partial charge in [0.25, 0.3) is 0 Å². The summed E-state index contributed by atoms with van der Waals surface area (Å²) in [6.45, 7) is 15.7. The first-order valence-electron chi connectivity index (χ1n) is 9.70. The molecule has 0 radical (unpaired) electrons. The van der Waals surface area contributed by atoms with Crippen LogP contribution in [0.2, 0.25) is 18.1 Å². The zero-order valence-electron chi connectivity index (χ0n) is 17.4. The van der Waals surface area contributed by atoms with Gasteiger partial charge in [0, 0.05) is 12.2 Å². The van der Waals surface area contributed by atoms with Crippen molar-refractivity contribution in [3.63, 3.8) is 0 Å². The van der Waals surface area contributed by atoms with Crippen LogP contribution in [-0.4, -0.2) is 38.2 Å². The van der Waals surface area contributed by atoms with Gasteiger partial charge in [-0.15, -0.1) is 0 Å².